The molecule has 2 N–H and O–H groups in total. The van der Waals surface area contributed by atoms with Gasteiger partial charge in [-0.2, -0.15) is 0 Å². The molecule has 0 spiro atoms. The lowest BCUT2D eigenvalue weighted by molar-refractivity contribution is 0.626. The molecule has 6 heteroatoms. The third kappa shape index (κ3) is 2.83. The molecule has 0 bridgehead atoms. The summed E-state index contributed by atoms with van der Waals surface area (Å²) in [6, 6.07) is 5.62. The minimum absolute atomic E-state index is 0.318. The highest BCUT2D eigenvalue weighted by Crippen LogP contribution is 2.37. The largest absolute Gasteiger partial charge is 0.320 e. The maximum absolute atomic E-state index is 12.9. The van der Waals surface area contributed by atoms with Gasteiger partial charge in [-0.3, -0.25) is 0 Å². The summed E-state index contributed by atoms with van der Waals surface area (Å²) in [5, 5.41) is 0.318. The van der Waals surface area contributed by atoms with E-state index >= 15 is 0 Å². The van der Waals surface area contributed by atoms with Gasteiger partial charge >= 0.3 is 0 Å². The Morgan fingerprint density at radius 3 is 2.53 bits per heavy atom. The molecule has 1 nitrogen and oxygen atoms in total. The summed E-state index contributed by atoms with van der Waals surface area (Å²) in [7, 11) is 0. The summed E-state index contributed by atoms with van der Waals surface area (Å²) in [6.07, 6.45) is 0. The standard InChI is InChI=1S/C11H7BrCl2FNS/c12-7-4-9(17-11(7)14)10(16)6-2-1-5(15)3-8(6)13/h1-4,10H,16H2. The summed E-state index contributed by atoms with van der Waals surface area (Å²) in [5.74, 6) is -0.378. The summed E-state index contributed by atoms with van der Waals surface area (Å²) >= 11 is 16.6. The average Bonchev–Trinajstić information content (AvgIpc) is 2.58. The van der Waals surface area contributed by atoms with E-state index in [1.54, 1.807) is 6.07 Å². The third-order valence-corrected chi connectivity index (χ3v) is 5.15. The van der Waals surface area contributed by atoms with Gasteiger partial charge in [0.2, 0.25) is 0 Å². The monoisotopic (exact) mass is 353 g/mol. The Morgan fingerprint density at radius 1 is 1.29 bits per heavy atom. The first kappa shape index (κ1) is 13.3. The SMILES string of the molecule is NC(c1cc(Br)c(Cl)s1)c1ccc(F)cc1Cl. The molecule has 0 radical (unpaired) electrons. The van der Waals surface area contributed by atoms with Crippen LogP contribution < -0.4 is 5.73 Å². The number of benzene rings is 1. The molecular weight excluding hydrogens is 348 g/mol. The Kier molecular flexibility index (Phi) is 4.10. The van der Waals surface area contributed by atoms with Crippen LogP contribution in [0.4, 0.5) is 4.39 Å². The zero-order chi connectivity index (χ0) is 12.6. The molecule has 0 aliphatic rings. The maximum Gasteiger partial charge on any atom is 0.124 e. The highest BCUT2D eigenvalue weighted by atomic mass is 79.9. The number of rotatable bonds is 2. The van der Waals surface area contributed by atoms with Gasteiger partial charge in [0.25, 0.3) is 0 Å². The number of hydrogen-bond donors (Lipinski definition) is 1. The number of halogens is 4. The second-order valence-corrected chi connectivity index (χ2v) is 6.36. The lowest BCUT2D eigenvalue weighted by Crippen LogP contribution is -2.10. The molecule has 2 rings (SSSR count). The van der Waals surface area contributed by atoms with Crippen LogP contribution >= 0.6 is 50.5 Å². The fourth-order valence-electron chi connectivity index (χ4n) is 1.42. The summed E-state index contributed by atoms with van der Waals surface area (Å²) in [6.45, 7) is 0. The topological polar surface area (TPSA) is 26.0 Å². The van der Waals surface area contributed by atoms with Crippen molar-refractivity contribution < 1.29 is 4.39 Å². The lowest BCUT2D eigenvalue weighted by atomic mass is 10.1. The summed E-state index contributed by atoms with van der Waals surface area (Å²) in [5.41, 5.74) is 6.75. The first-order chi connectivity index (χ1) is 7.99. The van der Waals surface area contributed by atoms with Crippen molar-refractivity contribution in [1.82, 2.24) is 0 Å². The van der Waals surface area contributed by atoms with E-state index in [1.165, 1.54) is 23.5 Å². The minimum Gasteiger partial charge on any atom is -0.320 e. The van der Waals surface area contributed by atoms with Gasteiger partial charge in [-0.15, -0.1) is 11.3 Å². The van der Waals surface area contributed by atoms with Crippen molar-refractivity contribution in [2.75, 3.05) is 0 Å². The van der Waals surface area contributed by atoms with Gasteiger partial charge in [0.15, 0.2) is 0 Å². The number of thiophene rings is 1. The minimum atomic E-state index is -0.406. The van der Waals surface area contributed by atoms with Crippen LogP contribution in [0.5, 0.6) is 0 Å². The second kappa shape index (κ2) is 5.24. The van der Waals surface area contributed by atoms with Crippen molar-refractivity contribution in [3.63, 3.8) is 0 Å². The van der Waals surface area contributed by atoms with E-state index in [9.17, 15) is 4.39 Å². The van der Waals surface area contributed by atoms with Gasteiger partial charge in [-0.25, -0.2) is 4.39 Å². The Labute approximate surface area is 120 Å². The Bertz CT molecular complexity index is 539. The molecule has 0 aliphatic heterocycles. The second-order valence-electron chi connectivity index (χ2n) is 3.41. The van der Waals surface area contributed by atoms with Gasteiger partial charge in [0.05, 0.1) is 6.04 Å². The first-order valence-corrected chi connectivity index (χ1v) is 7.01. The molecule has 1 heterocycles. The van der Waals surface area contributed by atoms with Crippen molar-refractivity contribution >= 4 is 50.5 Å². The number of hydrogen-bond acceptors (Lipinski definition) is 2. The number of nitrogens with two attached hydrogens (primary N) is 1. The van der Waals surface area contributed by atoms with E-state index in [1.807, 2.05) is 6.07 Å². The van der Waals surface area contributed by atoms with Gasteiger partial charge in [0, 0.05) is 14.4 Å². The zero-order valence-electron chi connectivity index (χ0n) is 8.38. The Morgan fingerprint density at radius 2 is 2.00 bits per heavy atom. The van der Waals surface area contributed by atoms with Crippen molar-refractivity contribution in [3.05, 3.63) is 54.4 Å². The summed E-state index contributed by atoms with van der Waals surface area (Å²) < 4.78 is 14.4. The smallest absolute Gasteiger partial charge is 0.124 e. The highest BCUT2D eigenvalue weighted by molar-refractivity contribution is 9.10. The van der Waals surface area contributed by atoms with Crippen molar-refractivity contribution in [1.29, 1.82) is 0 Å². The molecule has 2 aromatic rings. The van der Waals surface area contributed by atoms with Crippen molar-refractivity contribution in [2.24, 2.45) is 5.73 Å². The van der Waals surface area contributed by atoms with Gasteiger partial charge in [-0.1, -0.05) is 29.3 Å². The van der Waals surface area contributed by atoms with Gasteiger partial charge < -0.3 is 5.73 Å². The van der Waals surface area contributed by atoms with E-state index in [2.05, 4.69) is 15.9 Å². The van der Waals surface area contributed by atoms with Crippen LogP contribution in [0.15, 0.2) is 28.7 Å². The Hall–Kier alpha value is -0.130. The highest BCUT2D eigenvalue weighted by Gasteiger charge is 2.16. The molecule has 0 amide bonds. The molecule has 1 unspecified atom stereocenters. The predicted molar refractivity (Wildman–Crippen MR) is 74.5 cm³/mol. The fourth-order valence-corrected chi connectivity index (χ4v) is 3.47. The molecular formula is C11H7BrCl2FNS. The molecule has 90 valence electrons. The normalized spacial score (nSPS) is 12.8. The molecule has 0 saturated heterocycles. The van der Waals surface area contributed by atoms with Crippen LogP contribution in [0.3, 0.4) is 0 Å². The summed E-state index contributed by atoms with van der Waals surface area (Å²) in [4.78, 5) is 0.871. The molecule has 0 aliphatic carbocycles. The van der Waals surface area contributed by atoms with Crippen LogP contribution in [-0.4, -0.2) is 0 Å². The van der Waals surface area contributed by atoms with Crippen molar-refractivity contribution in [3.8, 4) is 0 Å². The quantitative estimate of drug-likeness (QED) is 0.806. The Balaban J connectivity index is 2.39. The van der Waals surface area contributed by atoms with Crippen molar-refractivity contribution in [2.45, 2.75) is 6.04 Å². The van der Waals surface area contributed by atoms with Crippen LogP contribution in [0.2, 0.25) is 9.36 Å². The molecule has 17 heavy (non-hydrogen) atoms. The third-order valence-electron chi connectivity index (χ3n) is 2.27. The van der Waals surface area contributed by atoms with E-state index in [0.29, 0.717) is 14.9 Å². The van der Waals surface area contributed by atoms with E-state index in [0.717, 1.165) is 9.35 Å². The van der Waals surface area contributed by atoms with Gasteiger partial charge in [-0.05, 0) is 39.7 Å². The zero-order valence-corrected chi connectivity index (χ0v) is 12.3. The lowest BCUT2D eigenvalue weighted by Gasteiger charge is -2.11. The van der Waals surface area contributed by atoms with Crippen LogP contribution in [0, 0.1) is 5.82 Å². The first-order valence-electron chi connectivity index (χ1n) is 4.64. The van der Waals surface area contributed by atoms with Crippen LogP contribution in [-0.2, 0) is 0 Å². The molecule has 1 atom stereocenters. The average molecular weight is 355 g/mol. The molecule has 1 aromatic carbocycles. The molecule has 0 fully saturated rings. The molecule has 1 aromatic heterocycles. The van der Waals surface area contributed by atoms with Crippen LogP contribution in [0.1, 0.15) is 16.5 Å². The van der Waals surface area contributed by atoms with E-state index in [4.69, 9.17) is 28.9 Å². The van der Waals surface area contributed by atoms with Crippen LogP contribution in [0.25, 0.3) is 0 Å². The maximum atomic E-state index is 12.9. The van der Waals surface area contributed by atoms with E-state index in [-0.39, 0.29) is 5.82 Å². The fraction of sp³-hybridized carbons (Fsp3) is 0.0909. The van der Waals surface area contributed by atoms with E-state index < -0.39 is 6.04 Å². The van der Waals surface area contributed by atoms with Gasteiger partial charge in [0.1, 0.15) is 10.2 Å². The predicted octanol–water partition coefficient (Wildman–Crippen LogP) is 5.00. The molecule has 0 saturated carbocycles.